The van der Waals surface area contributed by atoms with E-state index in [2.05, 4.69) is 27.3 Å². The van der Waals surface area contributed by atoms with E-state index in [1.807, 2.05) is 49.9 Å². The lowest BCUT2D eigenvalue weighted by molar-refractivity contribution is 0.147. The van der Waals surface area contributed by atoms with Crippen LogP contribution >= 0.6 is 15.9 Å². The van der Waals surface area contributed by atoms with Gasteiger partial charge >= 0.3 is 6.03 Å². The number of rotatable bonds is 4. The Bertz CT molecular complexity index is 577. The molecule has 2 rings (SSSR count). The van der Waals surface area contributed by atoms with Crippen molar-refractivity contribution >= 4 is 22.0 Å². The molecule has 1 heterocycles. The smallest absolute Gasteiger partial charge is 0.318 e. The SMILES string of the molecule is CC(c1ccc(Br)cc1)N1CCC(CC(C)(C)C#N)NC1=O. The van der Waals surface area contributed by atoms with Gasteiger partial charge in [0, 0.05) is 17.1 Å². The highest BCUT2D eigenvalue weighted by molar-refractivity contribution is 9.10. The van der Waals surface area contributed by atoms with Crippen LogP contribution in [0.25, 0.3) is 0 Å². The predicted molar refractivity (Wildman–Crippen MR) is 90.2 cm³/mol. The van der Waals surface area contributed by atoms with Gasteiger partial charge in [0.1, 0.15) is 0 Å². The number of carbonyl (C=O) groups excluding carboxylic acids is 1. The van der Waals surface area contributed by atoms with E-state index in [1.165, 1.54) is 0 Å². The third-order valence-electron chi connectivity index (χ3n) is 4.19. The number of nitrogens with one attached hydrogen (secondary N) is 1. The van der Waals surface area contributed by atoms with Crippen molar-refractivity contribution < 1.29 is 4.79 Å². The first kappa shape index (κ1) is 16.8. The molecule has 0 radical (unpaired) electrons. The quantitative estimate of drug-likeness (QED) is 0.869. The van der Waals surface area contributed by atoms with Crippen molar-refractivity contribution in [2.45, 2.75) is 45.7 Å². The summed E-state index contributed by atoms with van der Waals surface area (Å²) in [6.07, 6.45) is 1.56. The first-order valence-corrected chi connectivity index (χ1v) is 8.35. The Morgan fingerprint density at radius 3 is 2.64 bits per heavy atom. The molecule has 2 unspecified atom stereocenters. The average molecular weight is 364 g/mol. The summed E-state index contributed by atoms with van der Waals surface area (Å²) in [6, 6.07) is 10.4. The summed E-state index contributed by atoms with van der Waals surface area (Å²) in [4.78, 5) is 14.2. The van der Waals surface area contributed by atoms with Crippen molar-refractivity contribution in [1.29, 1.82) is 5.26 Å². The fraction of sp³-hybridized carbons (Fsp3) is 0.529. The molecule has 0 saturated carbocycles. The van der Waals surface area contributed by atoms with Crippen LogP contribution in [0.2, 0.25) is 0 Å². The highest BCUT2D eigenvalue weighted by atomic mass is 79.9. The van der Waals surface area contributed by atoms with Crippen LogP contribution in [-0.2, 0) is 0 Å². The number of urea groups is 1. The van der Waals surface area contributed by atoms with Crippen LogP contribution in [0, 0.1) is 16.7 Å². The van der Waals surface area contributed by atoms with Gasteiger partial charge in [0.25, 0.3) is 0 Å². The number of hydrogen-bond acceptors (Lipinski definition) is 2. The topological polar surface area (TPSA) is 56.1 Å². The number of carbonyl (C=O) groups is 1. The third kappa shape index (κ3) is 4.01. The molecule has 0 aromatic heterocycles. The Kier molecular flexibility index (Phi) is 5.12. The Morgan fingerprint density at radius 2 is 2.09 bits per heavy atom. The lowest BCUT2D eigenvalue weighted by Crippen LogP contribution is -2.53. The molecule has 1 aromatic carbocycles. The van der Waals surface area contributed by atoms with Gasteiger partial charge in [-0.1, -0.05) is 28.1 Å². The largest absolute Gasteiger partial charge is 0.335 e. The van der Waals surface area contributed by atoms with E-state index in [0.29, 0.717) is 6.42 Å². The second-order valence-corrected chi connectivity index (χ2v) is 7.47. The second-order valence-electron chi connectivity index (χ2n) is 6.56. The number of benzene rings is 1. The maximum absolute atomic E-state index is 12.4. The van der Waals surface area contributed by atoms with Gasteiger partial charge in [0.15, 0.2) is 0 Å². The first-order valence-electron chi connectivity index (χ1n) is 7.56. The summed E-state index contributed by atoms with van der Waals surface area (Å²) >= 11 is 3.43. The lowest BCUT2D eigenvalue weighted by Gasteiger charge is -2.38. The van der Waals surface area contributed by atoms with Crippen molar-refractivity contribution in [2.75, 3.05) is 6.54 Å². The molecule has 0 aliphatic carbocycles. The van der Waals surface area contributed by atoms with Crippen molar-refractivity contribution in [3.05, 3.63) is 34.3 Å². The zero-order valence-electron chi connectivity index (χ0n) is 13.3. The highest BCUT2D eigenvalue weighted by Gasteiger charge is 2.32. The molecule has 5 heteroatoms. The molecule has 1 fully saturated rings. The fourth-order valence-electron chi connectivity index (χ4n) is 2.83. The molecule has 118 valence electrons. The Labute approximate surface area is 140 Å². The molecule has 0 spiro atoms. The maximum Gasteiger partial charge on any atom is 0.318 e. The normalized spacial score (nSPS) is 20.2. The second kappa shape index (κ2) is 6.70. The van der Waals surface area contributed by atoms with Gasteiger partial charge < -0.3 is 10.2 Å². The van der Waals surface area contributed by atoms with Crippen LogP contribution in [0.5, 0.6) is 0 Å². The molecule has 1 saturated heterocycles. The van der Waals surface area contributed by atoms with Crippen molar-refractivity contribution in [1.82, 2.24) is 10.2 Å². The van der Waals surface area contributed by atoms with E-state index in [-0.39, 0.29) is 18.1 Å². The van der Waals surface area contributed by atoms with Crippen LogP contribution < -0.4 is 5.32 Å². The van der Waals surface area contributed by atoms with E-state index in [1.54, 1.807) is 0 Å². The zero-order valence-corrected chi connectivity index (χ0v) is 14.9. The van der Waals surface area contributed by atoms with Crippen LogP contribution in [0.3, 0.4) is 0 Å². The van der Waals surface area contributed by atoms with Gasteiger partial charge in [0.05, 0.1) is 17.5 Å². The van der Waals surface area contributed by atoms with E-state index >= 15 is 0 Å². The minimum absolute atomic E-state index is 0.0398. The molecule has 0 bridgehead atoms. The molecule has 2 atom stereocenters. The Morgan fingerprint density at radius 1 is 1.45 bits per heavy atom. The van der Waals surface area contributed by atoms with E-state index in [4.69, 9.17) is 5.26 Å². The molecule has 1 N–H and O–H groups in total. The van der Waals surface area contributed by atoms with Gasteiger partial charge in [0.2, 0.25) is 0 Å². The minimum Gasteiger partial charge on any atom is -0.335 e. The van der Waals surface area contributed by atoms with Gasteiger partial charge in [-0.3, -0.25) is 0 Å². The van der Waals surface area contributed by atoms with Crippen molar-refractivity contribution in [3.63, 3.8) is 0 Å². The number of nitrogens with zero attached hydrogens (tertiary/aromatic N) is 2. The monoisotopic (exact) mass is 363 g/mol. The minimum atomic E-state index is -0.405. The summed E-state index contributed by atoms with van der Waals surface area (Å²) in [5, 5.41) is 12.2. The number of halogens is 1. The summed E-state index contributed by atoms with van der Waals surface area (Å²) < 4.78 is 1.03. The zero-order chi connectivity index (χ0) is 16.3. The molecule has 2 amide bonds. The third-order valence-corrected chi connectivity index (χ3v) is 4.71. The Hall–Kier alpha value is -1.54. The van der Waals surface area contributed by atoms with Crippen LogP contribution in [-0.4, -0.2) is 23.5 Å². The summed E-state index contributed by atoms with van der Waals surface area (Å²) in [5.74, 6) is 0. The first-order chi connectivity index (χ1) is 10.3. The van der Waals surface area contributed by atoms with Crippen LogP contribution in [0.4, 0.5) is 4.79 Å². The summed E-state index contributed by atoms with van der Waals surface area (Å²) in [6.45, 7) is 6.59. The van der Waals surface area contributed by atoms with Gasteiger partial charge in [-0.2, -0.15) is 5.26 Å². The standard InChI is InChI=1S/C17H22BrN3O/c1-12(13-4-6-14(18)7-5-13)21-9-8-15(20-16(21)22)10-17(2,3)11-19/h4-7,12,15H,8-10H2,1-3H3,(H,20,22). The van der Waals surface area contributed by atoms with Crippen molar-refractivity contribution in [2.24, 2.45) is 5.41 Å². The van der Waals surface area contributed by atoms with Crippen molar-refractivity contribution in [3.8, 4) is 6.07 Å². The summed E-state index contributed by atoms with van der Waals surface area (Å²) in [7, 11) is 0. The molecular weight excluding hydrogens is 342 g/mol. The van der Waals surface area contributed by atoms with Crippen LogP contribution in [0.1, 0.15) is 45.2 Å². The van der Waals surface area contributed by atoms with E-state index in [0.717, 1.165) is 23.0 Å². The predicted octanol–water partition coefficient (Wildman–Crippen LogP) is 4.23. The molecule has 22 heavy (non-hydrogen) atoms. The van der Waals surface area contributed by atoms with Gasteiger partial charge in [-0.15, -0.1) is 0 Å². The van der Waals surface area contributed by atoms with Crippen LogP contribution in [0.15, 0.2) is 28.7 Å². The van der Waals surface area contributed by atoms with E-state index in [9.17, 15) is 4.79 Å². The summed E-state index contributed by atoms with van der Waals surface area (Å²) in [5.41, 5.74) is 0.714. The Balaban J connectivity index is 2.00. The number of hydrogen-bond donors (Lipinski definition) is 1. The molecular formula is C17H22BrN3O. The lowest BCUT2D eigenvalue weighted by atomic mass is 9.85. The number of amides is 2. The number of nitriles is 1. The fourth-order valence-corrected chi connectivity index (χ4v) is 3.10. The van der Waals surface area contributed by atoms with Gasteiger partial charge in [-0.25, -0.2) is 4.79 Å². The molecule has 1 aliphatic heterocycles. The molecule has 1 aromatic rings. The molecule has 1 aliphatic rings. The van der Waals surface area contributed by atoms with E-state index < -0.39 is 5.41 Å². The highest BCUT2D eigenvalue weighted by Crippen LogP contribution is 2.28. The average Bonchev–Trinajstić information content (AvgIpc) is 2.47. The maximum atomic E-state index is 12.4. The molecule has 4 nitrogen and oxygen atoms in total. The van der Waals surface area contributed by atoms with Gasteiger partial charge in [-0.05, 0) is 51.3 Å².